The molecule has 1 aliphatic heterocycles. The fourth-order valence-corrected chi connectivity index (χ4v) is 3.31. The number of hydrogen-bond acceptors (Lipinski definition) is 2. The van der Waals surface area contributed by atoms with Gasteiger partial charge in [0.25, 0.3) is 5.91 Å². The number of rotatable bonds is 5. The third-order valence-corrected chi connectivity index (χ3v) is 4.82. The van der Waals surface area contributed by atoms with Crippen molar-refractivity contribution < 1.29 is 4.79 Å². The first-order valence-electron chi connectivity index (χ1n) is 8.30. The first-order valence-corrected chi connectivity index (χ1v) is 8.30. The van der Waals surface area contributed by atoms with E-state index in [1.807, 2.05) is 19.1 Å². The minimum atomic E-state index is 0. The lowest BCUT2D eigenvalue weighted by Gasteiger charge is -2.27. The van der Waals surface area contributed by atoms with Crippen LogP contribution in [0.2, 0.25) is 0 Å². The van der Waals surface area contributed by atoms with Crippen molar-refractivity contribution in [2.24, 2.45) is 5.92 Å². The van der Waals surface area contributed by atoms with E-state index < -0.39 is 0 Å². The number of nitrogens with one attached hydrogen (secondary N) is 2. The van der Waals surface area contributed by atoms with Gasteiger partial charge in [0.1, 0.15) is 0 Å². The van der Waals surface area contributed by atoms with Gasteiger partial charge < -0.3 is 15.2 Å². The van der Waals surface area contributed by atoms with Crippen molar-refractivity contribution in [2.75, 3.05) is 19.6 Å². The van der Waals surface area contributed by atoms with E-state index in [9.17, 15) is 4.79 Å². The molecule has 130 valence electrons. The van der Waals surface area contributed by atoms with Crippen molar-refractivity contribution in [3.63, 3.8) is 0 Å². The third-order valence-electron chi connectivity index (χ3n) is 4.82. The van der Waals surface area contributed by atoms with Crippen LogP contribution in [0.25, 0.3) is 0 Å². The second-order valence-electron chi connectivity index (χ2n) is 6.48. The molecule has 2 heterocycles. The number of carbonyl (C=O) groups excluding carboxylic acids is 1. The fourth-order valence-electron chi connectivity index (χ4n) is 3.31. The van der Waals surface area contributed by atoms with Crippen LogP contribution in [0.3, 0.4) is 0 Å². The van der Waals surface area contributed by atoms with E-state index in [1.165, 1.54) is 5.56 Å². The summed E-state index contributed by atoms with van der Waals surface area (Å²) in [6.45, 7) is 9.04. The standard InChI is InChI=1S/C19H25N3O.ClH/c1-13-9-18(19(23)21-12-16-10-20-11-16)15(3)22(13)14(2)17-7-5-4-6-8-17;/h4-9,14,16,20H,10-12H2,1-3H3,(H,21,23);1H. The zero-order valence-electron chi connectivity index (χ0n) is 14.5. The highest BCUT2D eigenvalue weighted by atomic mass is 35.5. The van der Waals surface area contributed by atoms with E-state index in [-0.39, 0.29) is 24.4 Å². The molecule has 1 aromatic heterocycles. The molecule has 3 rings (SSSR count). The van der Waals surface area contributed by atoms with Crippen molar-refractivity contribution in [2.45, 2.75) is 26.8 Å². The van der Waals surface area contributed by atoms with Gasteiger partial charge in [0.05, 0.1) is 11.6 Å². The Bertz CT molecular complexity index is 692. The normalized spacial score (nSPS) is 15.3. The maximum Gasteiger partial charge on any atom is 0.253 e. The molecular weight excluding hydrogens is 322 g/mol. The van der Waals surface area contributed by atoms with Crippen LogP contribution in [0.4, 0.5) is 0 Å². The summed E-state index contributed by atoms with van der Waals surface area (Å²) in [6.07, 6.45) is 0. The lowest BCUT2D eigenvalue weighted by molar-refractivity contribution is 0.0941. The molecule has 1 unspecified atom stereocenters. The predicted octanol–water partition coefficient (Wildman–Crippen LogP) is 3.09. The first kappa shape index (κ1) is 18.6. The third kappa shape index (κ3) is 3.65. The molecule has 5 heteroatoms. The van der Waals surface area contributed by atoms with Gasteiger partial charge in [-0.3, -0.25) is 4.79 Å². The number of halogens is 1. The van der Waals surface area contributed by atoms with Gasteiger partial charge in [-0.1, -0.05) is 30.3 Å². The highest BCUT2D eigenvalue weighted by molar-refractivity contribution is 5.95. The minimum absolute atomic E-state index is 0. The number of carbonyl (C=O) groups is 1. The van der Waals surface area contributed by atoms with Gasteiger partial charge in [0, 0.05) is 36.9 Å². The van der Waals surface area contributed by atoms with Crippen LogP contribution in [0, 0.1) is 19.8 Å². The van der Waals surface area contributed by atoms with Crippen molar-refractivity contribution in [3.05, 3.63) is 58.9 Å². The molecular formula is C19H26ClN3O. The van der Waals surface area contributed by atoms with Gasteiger partial charge in [0.15, 0.2) is 0 Å². The minimum Gasteiger partial charge on any atom is -0.352 e. The molecule has 24 heavy (non-hydrogen) atoms. The summed E-state index contributed by atoms with van der Waals surface area (Å²) >= 11 is 0. The van der Waals surface area contributed by atoms with Crippen molar-refractivity contribution in [1.29, 1.82) is 0 Å². The van der Waals surface area contributed by atoms with Gasteiger partial charge in [-0.25, -0.2) is 0 Å². The molecule has 0 radical (unpaired) electrons. The molecule has 1 saturated heterocycles. The zero-order valence-corrected chi connectivity index (χ0v) is 15.3. The molecule has 2 aromatic rings. The predicted molar refractivity (Wildman–Crippen MR) is 100 cm³/mol. The van der Waals surface area contributed by atoms with Gasteiger partial charge in [-0.2, -0.15) is 0 Å². The summed E-state index contributed by atoms with van der Waals surface area (Å²) < 4.78 is 2.25. The first-order chi connectivity index (χ1) is 11.1. The van der Waals surface area contributed by atoms with Gasteiger partial charge >= 0.3 is 0 Å². The monoisotopic (exact) mass is 347 g/mol. The maximum absolute atomic E-state index is 12.5. The molecule has 1 fully saturated rings. The second kappa shape index (κ2) is 7.86. The van der Waals surface area contributed by atoms with E-state index in [0.29, 0.717) is 5.92 Å². The summed E-state index contributed by atoms with van der Waals surface area (Å²) in [5.74, 6) is 0.613. The lowest BCUT2D eigenvalue weighted by Crippen LogP contribution is -2.48. The smallest absolute Gasteiger partial charge is 0.253 e. The van der Waals surface area contributed by atoms with Crippen LogP contribution >= 0.6 is 12.4 Å². The lowest BCUT2D eigenvalue weighted by atomic mass is 10.0. The van der Waals surface area contributed by atoms with Gasteiger partial charge in [0.2, 0.25) is 0 Å². The Labute approximate surface area is 150 Å². The molecule has 1 aliphatic rings. The average Bonchev–Trinajstić information content (AvgIpc) is 2.81. The Hall–Kier alpha value is -1.78. The Morgan fingerprint density at radius 2 is 1.96 bits per heavy atom. The summed E-state index contributed by atoms with van der Waals surface area (Å²) in [4.78, 5) is 12.5. The molecule has 0 saturated carbocycles. The van der Waals surface area contributed by atoms with Crippen LogP contribution in [-0.2, 0) is 0 Å². The number of amides is 1. The number of aryl methyl sites for hydroxylation is 1. The van der Waals surface area contributed by atoms with E-state index in [2.05, 4.69) is 53.3 Å². The van der Waals surface area contributed by atoms with Crippen molar-refractivity contribution in [3.8, 4) is 0 Å². The Morgan fingerprint density at radius 1 is 1.29 bits per heavy atom. The maximum atomic E-state index is 12.5. The van der Waals surface area contributed by atoms with Gasteiger partial charge in [-0.05, 0) is 32.4 Å². The quantitative estimate of drug-likeness (QED) is 0.873. The summed E-state index contributed by atoms with van der Waals surface area (Å²) in [6, 6.07) is 12.6. The van der Waals surface area contributed by atoms with E-state index in [4.69, 9.17) is 0 Å². The fraction of sp³-hybridized carbons (Fsp3) is 0.421. The number of nitrogens with zero attached hydrogens (tertiary/aromatic N) is 1. The molecule has 1 aromatic carbocycles. The number of aromatic nitrogens is 1. The largest absolute Gasteiger partial charge is 0.352 e. The van der Waals surface area contributed by atoms with E-state index in [1.54, 1.807) is 0 Å². The zero-order chi connectivity index (χ0) is 16.4. The molecule has 0 aliphatic carbocycles. The molecule has 1 amide bonds. The van der Waals surface area contributed by atoms with Crippen LogP contribution in [0.15, 0.2) is 36.4 Å². The average molecular weight is 348 g/mol. The number of benzene rings is 1. The molecule has 1 atom stereocenters. The van der Waals surface area contributed by atoms with Crippen LogP contribution in [0.1, 0.15) is 40.3 Å². The second-order valence-corrected chi connectivity index (χ2v) is 6.48. The number of hydrogen-bond donors (Lipinski definition) is 2. The van der Waals surface area contributed by atoms with Crippen molar-refractivity contribution in [1.82, 2.24) is 15.2 Å². The summed E-state index contributed by atoms with van der Waals surface area (Å²) in [7, 11) is 0. The molecule has 0 spiro atoms. The van der Waals surface area contributed by atoms with E-state index >= 15 is 0 Å². The van der Waals surface area contributed by atoms with Crippen LogP contribution in [0.5, 0.6) is 0 Å². The molecule has 0 bridgehead atoms. The Balaban J connectivity index is 0.00000208. The van der Waals surface area contributed by atoms with Crippen LogP contribution < -0.4 is 10.6 Å². The highest BCUT2D eigenvalue weighted by Gasteiger charge is 2.21. The van der Waals surface area contributed by atoms with Gasteiger partial charge in [-0.15, -0.1) is 12.4 Å². The molecule has 4 nitrogen and oxygen atoms in total. The Morgan fingerprint density at radius 3 is 2.54 bits per heavy atom. The topological polar surface area (TPSA) is 46.1 Å². The SMILES string of the molecule is Cc1cc(C(=O)NCC2CNC2)c(C)n1C(C)c1ccccc1.Cl. The van der Waals surface area contributed by atoms with E-state index in [0.717, 1.165) is 36.6 Å². The summed E-state index contributed by atoms with van der Waals surface area (Å²) in [5, 5.41) is 6.30. The van der Waals surface area contributed by atoms with Crippen molar-refractivity contribution >= 4 is 18.3 Å². The van der Waals surface area contributed by atoms with Crippen LogP contribution in [-0.4, -0.2) is 30.1 Å². The summed E-state index contributed by atoms with van der Waals surface area (Å²) in [5.41, 5.74) is 4.19. The molecule has 2 N–H and O–H groups in total. The Kier molecular flexibility index (Phi) is 6.08. The highest BCUT2D eigenvalue weighted by Crippen LogP contribution is 2.25.